The molecule has 0 aromatic carbocycles. The zero-order valence-electron chi connectivity index (χ0n) is 14.0. The highest BCUT2D eigenvalue weighted by Gasteiger charge is 2.40. The van der Waals surface area contributed by atoms with Crippen LogP contribution in [0.1, 0.15) is 46.0 Å². The number of likely N-dealkylation sites (N-methyl/N-ethyl adjacent to an activating group) is 1. The number of carbonyl (C=O) groups excluding carboxylic acids is 2. The molecule has 3 heterocycles. The van der Waals surface area contributed by atoms with Crippen molar-refractivity contribution in [1.29, 1.82) is 0 Å². The molecule has 122 valence electrons. The topological polar surface area (TPSA) is 37.4 Å². The maximum Gasteiger partial charge on any atom is 0.260 e. The van der Waals surface area contributed by atoms with Crippen LogP contribution < -0.4 is 0 Å². The van der Waals surface area contributed by atoms with E-state index in [1.807, 2.05) is 0 Å². The van der Waals surface area contributed by atoms with E-state index in [2.05, 4.69) is 13.8 Å². The summed E-state index contributed by atoms with van der Waals surface area (Å²) >= 11 is 0. The fourth-order valence-electron chi connectivity index (χ4n) is 4.02. The molecule has 5 heteroatoms. The summed E-state index contributed by atoms with van der Waals surface area (Å²) in [5.74, 6) is 0.802. The van der Waals surface area contributed by atoms with Gasteiger partial charge in [-0.25, -0.2) is 0 Å². The molecular weight excluding hydrogens is 312 g/mol. The summed E-state index contributed by atoms with van der Waals surface area (Å²) in [5.41, 5.74) is 0.696. The van der Waals surface area contributed by atoms with E-state index >= 15 is 0 Å². The summed E-state index contributed by atoms with van der Waals surface area (Å²) in [5, 5.41) is 2.44. The van der Waals surface area contributed by atoms with E-state index in [4.69, 9.17) is 0 Å². The summed E-state index contributed by atoms with van der Waals surface area (Å²) in [7, 11) is 1.09. The van der Waals surface area contributed by atoms with Crippen LogP contribution in [0.4, 0.5) is 0 Å². The van der Waals surface area contributed by atoms with Gasteiger partial charge in [0.15, 0.2) is 0 Å². The molecule has 3 aliphatic heterocycles. The standard InChI is InChI=1S/C17H27NO2P2/c1-12-6-4-8-21(11-12)16-14(22-9-5-7-13(22)2)10-15(19)18(3)17(16)20/h12-13H,4-11H2,1-3H3/t12-,13-,21?,22?/m0/s1. The zero-order valence-corrected chi connectivity index (χ0v) is 15.8. The molecule has 2 fully saturated rings. The Kier molecular flexibility index (Phi) is 5.05. The van der Waals surface area contributed by atoms with Crippen LogP contribution in [0.15, 0.2) is 10.6 Å². The summed E-state index contributed by atoms with van der Waals surface area (Å²) in [6, 6.07) is 0. The third kappa shape index (κ3) is 3.04. The minimum Gasteiger partial charge on any atom is -0.281 e. The van der Waals surface area contributed by atoms with Gasteiger partial charge in [0.05, 0.1) is 6.42 Å². The first-order valence-electron chi connectivity index (χ1n) is 8.54. The minimum absolute atomic E-state index is 0.0189. The van der Waals surface area contributed by atoms with Crippen LogP contribution in [0, 0.1) is 5.92 Å². The van der Waals surface area contributed by atoms with Crippen LogP contribution in [-0.2, 0) is 9.59 Å². The lowest BCUT2D eigenvalue weighted by atomic mass is 10.1. The molecule has 4 atom stereocenters. The van der Waals surface area contributed by atoms with Gasteiger partial charge in [-0.05, 0) is 54.6 Å². The Morgan fingerprint density at radius 1 is 1.09 bits per heavy atom. The van der Waals surface area contributed by atoms with Crippen LogP contribution in [0.25, 0.3) is 0 Å². The van der Waals surface area contributed by atoms with Crippen molar-refractivity contribution in [3.63, 3.8) is 0 Å². The molecule has 3 rings (SSSR count). The second kappa shape index (κ2) is 6.70. The summed E-state index contributed by atoms with van der Waals surface area (Å²) < 4.78 is 0. The average Bonchev–Trinajstić information content (AvgIpc) is 2.90. The number of rotatable bonds is 2. The van der Waals surface area contributed by atoms with Crippen molar-refractivity contribution in [2.24, 2.45) is 5.92 Å². The van der Waals surface area contributed by atoms with Crippen molar-refractivity contribution in [3.8, 4) is 0 Å². The van der Waals surface area contributed by atoms with Crippen molar-refractivity contribution in [3.05, 3.63) is 10.6 Å². The zero-order chi connectivity index (χ0) is 15.9. The highest BCUT2D eigenvalue weighted by molar-refractivity contribution is 7.67. The molecule has 0 bridgehead atoms. The van der Waals surface area contributed by atoms with Gasteiger partial charge in [0.25, 0.3) is 5.91 Å². The van der Waals surface area contributed by atoms with Gasteiger partial charge in [0.1, 0.15) is 0 Å². The fourth-order valence-corrected chi connectivity index (χ4v) is 10.8. The normalized spacial score (nSPS) is 37.1. The SMILES string of the molecule is C[C@H]1CCCP(C2=C(P3CCC[C@@H]3C)CC(=O)N(C)C2=O)C1. The van der Waals surface area contributed by atoms with E-state index in [0.29, 0.717) is 12.1 Å². The third-order valence-corrected chi connectivity index (χ3v) is 11.7. The molecule has 0 spiro atoms. The predicted octanol–water partition coefficient (Wildman–Crippen LogP) is 4.16. The molecule has 3 nitrogen and oxygen atoms in total. The minimum atomic E-state index is -0.336. The number of imide groups is 1. The van der Waals surface area contributed by atoms with Crippen LogP contribution in [-0.4, -0.2) is 47.9 Å². The quantitative estimate of drug-likeness (QED) is 0.559. The van der Waals surface area contributed by atoms with Gasteiger partial charge in [-0.3, -0.25) is 14.5 Å². The van der Waals surface area contributed by atoms with E-state index in [-0.39, 0.29) is 27.7 Å². The monoisotopic (exact) mass is 339 g/mol. The molecule has 22 heavy (non-hydrogen) atoms. The molecule has 2 unspecified atom stereocenters. The van der Waals surface area contributed by atoms with E-state index < -0.39 is 0 Å². The summed E-state index contributed by atoms with van der Waals surface area (Å²) in [4.78, 5) is 26.5. The fraction of sp³-hybridized carbons (Fsp3) is 0.765. The second-order valence-electron chi connectivity index (χ2n) is 7.11. The maximum absolute atomic E-state index is 12.9. The Morgan fingerprint density at radius 2 is 1.82 bits per heavy atom. The van der Waals surface area contributed by atoms with Gasteiger partial charge in [0, 0.05) is 12.4 Å². The lowest BCUT2D eigenvalue weighted by molar-refractivity contribution is -0.140. The molecule has 0 aliphatic carbocycles. The Balaban J connectivity index is 1.99. The number of carbonyl (C=O) groups is 2. The summed E-state index contributed by atoms with van der Waals surface area (Å²) in [6.07, 6.45) is 9.26. The molecule has 0 aromatic rings. The van der Waals surface area contributed by atoms with Crippen molar-refractivity contribution in [2.45, 2.75) is 51.6 Å². The molecule has 3 aliphatic rings. The maximum atomic E-state index is 12.9. The van der Waals surface area contributed by atoms with Crippen LogP contribution in [0.5, 0.6) is 0 Å². The molecule has 0 saturated carbocycles. The highest BCUT2D eigenvalue weighted by Crippen LogP contribution is 2.64. The van der Waals surface area contributed by atoms with Crippen molar-refractivity contribution in [2.75, 3.05) is 25.5 Å². The van der Waals surface area contributed by atoms with Gasteiger partial charge >= 0.3 is 0 Å². The lowest BCUT2D eigenvalue weighted by Crippen LogP contribution is -2.39. The van der Waals surface area contributed by atoms with E-state index in [9.17, 15) is 9.59 Å². The molecule has 2 amide bonds. The van der Waals surface area contributed by atoms with Gasteiger partial charge in [-0.2, -0.15) is 0 Å². The molecule has 0 N–H and O–H groups in total. The smallest absolute Gasteiger partial charge is 0.260 e. The van der Waals surface area contributed by atoms with Crippen LogP contribution >= 0.6 is 15.8 Å². The first-order chi connectivity index (χ1) is 10.5. The first-order valence-corrected chi connectivity index (χ1v) is 11.9. The summed E-state index contributed by atoms with van der Waals surface area (Å²) in [6.45, 7) is 4.65. The van der Waals surface area contributed by atoms with Gasteiger partial charge in [0.2, 0.25) is 5.91 Å². The van der Waals surface area contributed by atoms with Crippen LogP contribution in [0.3, 0.4) is 0 Å². The molecule has 0 radical (unpaired) electrons. The predicted molar refractivity (Wildman–Crippen MR) is 95.0 cm³/mol. The van der Waals surface area contributed by atoms with E-state index in [1.54, 1.807) is 7.05 Å². The number of nitrogens with zero attached hydrogens (tertiary/aromatic N) is 1. The largest absolute Gasteiger partial charge is 0.281 e. The lowest BCUT2D eigenvalue weighted by Gasteiger charge is -2.37. The Morgan fingerprint density at radius 3 is 2.45 bits per heavy atom. The molecule has 0 aromatic heterocycles. The number of hydrogen-bond acceptors (Lipinski definition) is 2. The Labute approximate surface area is 136 Å². The Hall–Kier alpha value is -0.260. The first kappa shape index (κ1) is 16.6. The van der Waals surface area contributed by atoms with Crippen molar-refractivity contribution >= 4 is 27.7 Å². The second-order valence-corrected chi connectivity index (χ2v) is 12.3. The van der Waals surface area contributed by atoms with Gasteiger partial charge in [-0.1, -0.05) is 36.1 Å². The van der Waals surface area contributed by atoms with Gasteiger partial charge in [-0.15, -0.1) is 0 Å². The third-order valence-electron chi connectivity index (χ3n) is 5.35. The van der Waals surface area contributed by atoms with Crippen molar-refractivity contribution in [1.82, 2.24) is 4.90 Å². The van der Waals surface area contributed by atoms with Gasteiger partial charge < -0.3 is 0 Å². The molecular formula is C17H27NO2P2. The van der Waals surface area contributed by atoms with E-state index in [0.717, 1.165) is 11.2 Å². The molecule has 2 saturated heterocycles. The van der Waals surface area contributed by atoms with E-state index in [1.165, 1.54) is 54.4 Å². The number of hydrogen-bond donors (Lipinski definition) is 0. The van der Waals surface area contributed by atoms with Crippen LogP contribution in [0.2, 0.25) is 0 Å². The average molecular weight is 339 g/mol. The highest BCUT2D eigenvalue weighted by atomic mass is 31.1. The number of amides is 2. The Bertz CT molecular complexity index is 517. The van der Waals surface area contributed by atoms with Crippen molar-refractivity contribution < 1.29 is 9.59 Å².